The molecule has 2 aromatic rings. The maximum Gasteiger partial charge on any atom is 0.231 e. The Morgan fingerprint density at radius 3 is 2.76 bits per heavy atom. The fourth-order valence-electron chi connectivity index (χ4n) is 2.64. The van der Waals surface area contributed by atoms with Gasteiger partial charge in [-0.3, -0.25) is 9.78 Å². The van der Waals surface area contributed by atoms with E-state index in [1.54, 1.807) is 18.2 Å². The molecule has 0 atom stereocenters. The van der Waals surface area contributed by atoms with Gasteiger partial charge in [-0.2, -0.15) is 0 Å². The summed E-state index contributed by atoms with van der Waals surface area (Å²) in [5.41, 5.74) is 2.84. The normalized spacial score (nSPS) is 12.2. The summed E-state index contributed by atoms with van der Waals surface area (Å²) in [4.78, 5) is 18.8. The topological polar surface area (TPSA) is 60.9 Å². The van der Waals surface area contributed by atoms with Crippen LogP contribution in [0, 0.1) is 6.92 Å². The Kier molecular flexibility index (Phi) is 5.50. The molecular formula is C19H22N2O4. The van der Waals surface area contributed by atoms with Gasteiger partial charge in [-0.05, 0) is 36.2 Å². The summed E-state index contributed by atoms with van der Waals surface area (Å²) in [5.74, 6) is 1.50. The van der Waals surface area contributed by atoms with Crippen molar-refractivity contribution in [3.63, 3.8) is 0 Å². The van der Waals surface area contributed by atoms with Gasteiger partial charge in [-0.1, -0.05) is 12.1 Å². The average Bonchev–Trinajstić information content (AvgIpc) is 3.08. The van der Waals surface area contributed by atoms with Crippen molar-refractivity contribution in [2.45, 2.75) is 19.9 Å². The van der Waals surface area contributed by atoms with Gasteiger partial charge in [0.25, 0.3) is 0 Å². The zero-order valence-electron chi connectivity index (χ0n) is 14.5. The van der Waals surface area contributed by atoms with Gasteiger partial charge >= 0.3 is 0 Å². The summed E-state index contributed by atoms with van der Waals surface area (Å²) in [7, 11) is 1.63. The molecule has 0 radical (unpaired) electrons. The van der Waals surface area contributed by atoms with E-state index >= 15 is 0 Å². The lowest BCUT2D eigenvalue weighted by Crippen LogP contribution is -2.34. The second-order valence-corrected chi connectivity index (χ2v) is 5.98. The molecule has 2 heterocycles. The molecule has 1 aromatic heterocycles. The molecule has 0 saturated carbocycles. The predicted octanol–water partition coefficient (Wildman–Crippen LogP) is 2.34. The summed E-state index contributed by atoms with van der Waals surface area (Å²) in [6.07, 6.45) is 2.07. The number of rotatable bonds is 7. The van der Waals surface area contributed by atoms with Crippen LogP contribution >= 0.6 is 0 Å². The summed E-state index contributed by atoms with van der Waals surface area (Å²) < 4.78 is 15.9. The summed E-state index contributed by atoms with van der Waals surface area (Å²) in [6, 6.07) is 9.60. The third-order valence-corrected chi connectivity index (χ3v) is 4.06. The number of methoxy groups -OCH3 is 1. The lowest BCUT2D eigenvalue weighted by Gasteiger charge is -2.23. The van der Waals surface area contributed by atoms with E-state index in [1.165, 1.54) is 0 Å². The maximum absolute atomic E-state index is 12.7. The minimum absolute atomic E-state index is 0.0420. The largest absolute Gasteiger partial charge is 0.454 e. The van der Waals surface area contributed by atoms with E-state index in [-0.39, 0.29) is 12.7 Å². The second kappa shape index (κ2) is 7.98. The van der Waals surface area contributed by atoms with Gasteiger partial charge in [-0.25, -0.2) is 0 Å². The van der Waals surface area contributed by atoms with Gasteiger partial charge in [0, 0.05) is 32.1 Å². The van der Waals surface area contributed by atoms with Crippen molar-refractivity contribution in [1.82, 2.24) is 9.88 Å². The van der Waals surface area contributed by atoms with Crippen LogP contribution in [0.25, 0.3) is 0 Å². The molecule has 0 unspecified atom stereocenters. The zero-order valence-corrected chi connectivity index (χ0v) is 14.5. The molecule has 25 heavy (non-hydrogen) atoms. The van der Waals surface area contributed by atoms with Gasteiger partial charge in [0.2, 0.25) is 12.7 Å². The molecule has 6 heteroatoms. The smallest absolute Gasteiger partial charge is 0.231 e. The summed E-state index contributed by atoms with van der Waals surface area (Å²) >= 11 is 0. The Hall–Kier alpha value is -2.60. The molecule has 0 spiro atoms. The predicted molar refractivity (Wildman–Crippen MR) is 92.5 cm³/mol. The Balaban J connectivity index is 1.69. The van der Waals surface area contributed by atoms with E-state index in [4.69, 9.17) is 14.2 Å². The molecule has 0 N–H and O–H groups in total. The Morgan fingerprint density at radius 2 is 2.00 bits per heavy atom. The van der Waals surface area contributed by atoms with Gasteiger partial charge in [0.15, 0.2) is 11.5 Å². The number of hydrogen-bond donors (Lipinski definition) is 0. The number of carbonyl (C=O) groups excluding carboxylic acids is 1. The van der Waals surface area contributed by atoms with Crippen molar-refractivity contribution in [2.75, 3.05) is 27.1 Å². The number of pyridine rings is 1. The molecule has 1 aromatic carbocycles. The van der Waals surface area contributed by atoms with E-state index in [0.29, 0.717) is 26.1 Å². The van der Waals surface area contributed by atoms with Crippen LogP contribution < -0.4 is 9.47 Å². The van der Waals surface area contributed by atoms with Gasteiger partial charge in [-0.15, -0.1) is 0 Å². The molecule has 6 nitrogen and oxygen atoms in total. The van der Waals surface area contributed by atoms with Crippen LogP contribution in [0.3, 0.4) is 0 Å². The number of carbonyl (C=O) groups is 1. The number of benzene rings is 1. The molecular weight excluding hydrogens is 320 g/mol. The first-order valence-electron chi connectivity index (χ1n) is 8.22. The standard InChI is InChI=1S/C19H22N2O4/c1-14-3-4-15(11-20-14)10-19(22)21(7-8-23-2)12-16-5-6-17-18(9-16)25-13-24-17/h3-6,9,11H,7-8,10,12-13H2,1-2H3. The fourth-order valence-corrected chi connectivity index (χ4v) is 2.64. The molecule has 0 fully saturated rings. The molecule has 1 amide bonds. The van der Waals surface area contributed by atoms with Crippen molar-refractivity contribution in [3.05, 3.63) is 53.3 Å². The molecule has 1 aliphatic rings. The van der Waals surface area contributed by atoms with E-state index in [2.05, 4.69) is 4.98 Å². The average molecular weight is 342 g/mol. The number of nitrogens with zero attached hydrogens (tertiary/aromatic N) is 2. The molecule has 0 bridgehead atoms. The monoisotopic (exact) mass is 342 g/mol. The highest BCUT2D eigenvalue weighted by Crippen LogP contribution is 2.32. The van der Waals surface area contributed by atoms with Crippen LogP contribution in [0.4, 0.5) is 0 Å². The lowest BCUT2D eigenvalue weighted by molar-refractivity contribution is -0.131. The quantitative estimate of drug-likeness (QED) is 0.773. The van der Waals surface area contributed by atoms with E-state index in [0.717, 1.165) is 28.3 Å². The van der Waals surface area contributed by atoms with E-state index in [9.17, 15) is 4.79 Å². The SMILES string of the molecule is COCCN(Cc1ccc2c(c1)OCO2)C(=O)Cc1ccc(C)nc1. The first kappa shape index (κ1) is 17.2. The van der Waals surface area contributed by atoms with Crippen LogP contribution in [0.5, 0.6) is 11.5 Å². The van der Waals surface area contributed by atoms with Crippen molar-refractivity contribution in [1.29, 1.82) is 0 Å². The maximum atomic E-state index is 12.7. The number of ether oxygens (including phenoxy) is 3. The Morgan fingerprint density at radius 1 is 1.20 bits per heavy atom. The highest BCUT2D eigenvalue weighted by molar-refractivity contribution is 5.78. The summed E-state index contributed by atoms with van der Waals surface area (Å²) in [6.45, 7) is 3.69. The van der Waals surface area contributed by atoms with Crippen LogP contribution in [0.1, 0.15) is 16.8 Å². The highest BCUT2D eigenvalue weighted by atomic mass is 16.7. The van der Waals surface area contributed by atoms with Crippen LogP contribution in [0.2, 0.25) is 0 Å². The molecule has 3 rings (SSSR count). The third-order valence-electron chi connectivity index (χ3n) is 4.06. The van der Waals surface area contributed by atoms with Gasteiger partial charge < -0.3 is 19.1 Å². The van der Waals surface area contributed by atoms with Crippen LogP contribution in [0.15, 0.2) is 36.5 Å². The molecule has 1 aliphatic heterocycles. The van der Waals surface area contributed by atoms with Crippen molar-refractivity contribution in [2.24, 2.45) is 0 Å². The second-order valence-electron chi connectivity index (χ2n) is 5.98. The fraction of sp³-hybridized carbons (Fsp3) is 0.368. The Bertz CT molecular complexity index is 731. The van der Waals surface area contributed by atoms with Gasteiger partial charge in [0.05, 0.1) is 13.0 Å². The molecule has 0 saturated heterocycles. The van der Waals surface area contributed by atoms with Crippen molar-refractivity contribution < 1.29 is 19.0 Å². The highest BCUT2D eigenvalue weighted by Gasteiger charge is 2.18. The number of fused-ring (bicyclic) bond motifs is 1. The van der Waals surface area contributed by atoms with Crippen molar-refractivity contribution in [3.8, 4) is 11.5 Å². The first-order chi connectivity index (χ1) is 12.2. The summed E-state index contributed by atoms with van der Waals surface area (Å²) in [5, 5.41) is 0. The lowest BCUT2D eigenvalue weighted by atomic mass is 10.1. The molecule has 132 valence electrons. The molecule has 0 aliphatic carbocycles. The number of amides is 1. The minimum Gasteiger partial charge on any atom is -0.454 e. The zero-order chi connectivity index (χ0) is 17.6. The van der Waals surface area contributed by atoms with Gasteiger partial charge in [0.1, 0.15) is 0 Å². The number of aromatic nitrogens is 1. The third kappa shape index (κ3) is 4.48. The Labute approximate surface area is 147 Å². The van der Waals surface area contributed by atoms with Crippen molar-refractivity contribution >= 4 is 5.91 Å². The van der Waals surface area contributed by atoms with E-state index in [1.807, 2.05) is 37.3 Å². The number of hydrogen-bond acceptors (Lipinski definition) is 5. The van der Waals surface area contributed by atoms with E-state index < -0.39 is 0 Å². The first-order valence-corrected chi connectivity index (χ1v) is 8.22. The van der Waals surface area contributed by atoms with Crippen LogP contribution in [-0.4, -0.2) is 42.8 Å². The van der Waals surface area contributed by atoms with Crippen LogP contribution in [-0.2, 0) is 22.5 Å². The number of aryl methyl sites for hydroxylation is 1. The minimum atomic E-state index is 0.0420.